The van der Waals surface area contributed by atoms with Crippen molar-refractivity contribution in [3.8, 4) is 0 Å². The van der Waals surface area contributed by atoms with Crippen molar-refractivity contribution in [1.82, 2.24) is 20.0 Å². The molecule has 5 heteroatoms. The van der Waals surface area contributed by atoms with Crippen molar-refractivity contribution in [1.29, 1.82) is 0 Å². The molecule has 5 nitrogen and oxygen atoms in total. The first-order valence-electron chi connectivity index (χ1n) is 11.0. The molecule has 0 aliphatic carbocycles. The SMILES string of the molecule is CC.CCNCCN1CCN(CC2CCN(CC(=O)C(C)C)CC2)CC1. The van der Waals surface area contributed by atoms with E-state index >= 15 is 0 Å². The Morgan fingerprint density at radius 2 is 1.54 bits per heavy atom. The second-order valence-electron chi connectivity index (χ2n) is 7.84. The van der Waals surface area contributed by atoms with E-state index in [1.807, 2.05) is 27.7 Å². The predicted octanol–water partition coefficient (Wildman–Crippen LogP) is 2.18. The van der Waals surface area contributed by atoms with Gasteiger partial charge in [0.1, 0.15) is 5.78 Å². The lowest BCUT2D eigenvalue weighted by molar-refractivity contribution is -0.123. The van der Waals surface area contributed by atoms with E-state index in [1.165, 1.54) is 52.1 Å². The highest BCUT2D eigenvalue weighted by Gasteiger charge is 2.24. The number of carbonyl (C=O) groups excluding carboxylic acids is 1. The van der Waals surface area contributed by atoms with Crippen LogP contribution in [0, 0.1) is 11.8 Å². The molecule has 0 aromatic heterocycles. The number of nitrogens with zero attached hydrogens (tertiary/aromatic N) is 3. The Kier molecular flexibility index (Phi) is 12.4. The summed E-state index contributed by atoms with van der Waals surface area (Å²) < 4.78 is 0. The highest BCUT2D eigenvalue weighted by Crippen LogP contribution is 2.19. The molecular formula is C21H44N4O. The van der Waals surface area contributed by atoms with E-state index in [9.17, 15) is 4.79 Å². The Hall–Kier alpha value is -0.490. The summed E-state index contributed by atoms with van der Waals surface area (Å²) in [6.45, 7) is 22.5. The second kappa shape index (κ2) is 13.6. The number of Topliss-reactive ketones (excluding diaryl/α,β-unsaturated/α-hetero) is 1. The summed E-state index contributed by atoms with van der Waals surface area (Å²) in [7, 11) is 0. The number of piperidine rings is 1. The number of carbonyl (C=O) groups is 1. The van der Waals surface area contributed by atoms with Crippen LogP contribution in [0.3, 0.4) is 0 Å². The summed E-state index contributed by atoms with van der Waals surface area (Å²) in [6, 6.07) is 0. The summed E-state index contributed by atoms with van der Waals surface area (Å²) in [5.41, 5.74) is 0. The highest BCUT2D eigenvalue weighted by molar-refractivity contribution is 5.82. The van der Waals surface area contributed by atoms with Crippen LogP contribution in [-0.2, 0) is 4.79 Å². The molecule has 1 N–H and O–H groups in total. The average Bonchev–Trinajstić information content (AvgIpc) is 2.66. The Morgan fingerprint density at radius 3 is 2.08 bits per heavy atom. The number of hydrogen-bond acceptors (Lipinski definition) is 5. The summed E-state index contributed by atoms with van der Waals surface area (Å²) in [5, 5.41) is 3.41. The van der Waals surface area contributed by atoms with Crippen molar-refractivity contribution in [2.75, 3.05) is 72.0 Å². The lowest BCUT2D eigenvalue weighted by atomic mass is 9.95. The van der Waals surface area contributed by atoms with E-state index in [0.29, 0.717) is 12.3 Å². The van der Waals surface area contributed by atoms with Gasteiger partial charge < -0.3 is 10.2 Å². The molecule has 0 unspecified atom stereocenters. The zero-order valence-corrected chi connectivity index (χ0v) is 18.1. The molecule has 0 atom stereocenters. The Morgan fingerprint density at radius 1 is 0.962 bits per heavy atom. The number of nitrogens with one attached hydrogen (secondary N) is 1. The van der Waals surface area contributed by atoms with Crippen LogP contribution < -0.4 is 5.32 Å². The molecule has 0 saturated carbocycles. The molecule has 2 rings (SSSR count). The van der Waals surface area contributed by atoms with Crippen molar-refractivity contribution >= 4 is 5.78 Å². The summed E-state index contributed by atoms with van der Waals surface area (Å²) in [5.74, 6) is 1.39. The molecule has 2 fully saturated rings. The van der Waals surface area contributed by atoms with Crippen LogP contribution in [0.2, 0.25) is 0 Å². The van der Waals surface area contributed by atoms with Gasteiger partial charge in [0.05, 0.1) is 6.54 Å². The normalized spacial score (nSPS) is 20.8. The van der Waals surface area contributed by atoms with Crippen LogP contribution in [0.5, 0.6) is 0 Å². The summed E-state index contributed by atoms with van der Waals surface area (Å²) in [4.78, 5) is 19.5. The zero-order chi connectivity index (χ0) is 19.4. The minimum Gasteiger partial charge on any atom is -0.316 e. The van der Waals surface area contributed by atoms with Crippen LogP contribution in [0.25, 0.3) is 0 Å². The van der Waals surface area contributed by atoms with E-state index in [2.05, 4.69) is 26.9 Å². The number of hydrogen-bond donors (Lipinski definition) is 1. The maximum absolute atomic E-state index is 11.9. The lowest BCUT2D eigenvalue weighted by Crippen LogP contribution is -2.50. The van der Waals surface area contributed by atoms with Gasteiger partial charge in [-0.1, -0.05) is 34.6 Å². The Balaban J connectivity index is 0.00000163. The maximum Gasteiger partial charge on any atom is 0.149 e. The first kappa shape index (κ1) is 23.5. The molecule has 0 spiro atoms. The topological polar surface area (TPSA) is 38.8 Å². The first-order valence-corrected chi connectivity index (χ1v) is 11.0. The van der Waals surface area contributed by atoms with Crippen molar-refractivity contribution in [3.05, 3.63) is 0 Å². The fraction of sp³-hybridized carbons (Fsp3) is 0.952. The van der Waals surface area contributed by atoms with Gasteiger partial charge in [-0.05, 0) is 38.4 Å². The summed E-state index contributed by atoms with van der Waals surface area (Å²) >= 11 is 0. The highest BCUT2D eigenvalue weighted by atomic mass is 16.1. The van der Waals surface area contributed by atoms with E-state index in [0.717, 1.165) is 32.1 Å². The number of likely N-dealkylation sites (N-methyl/N-ethyl adjacent to an activating group) is 1. The Labute approximate surface area is 162 Å². The van der Waals surface area contributed by atoms with Crippen molar-refractivity contribution in [2.45, 2.75) is 47.5 Å². The zero-order valence-electron chi connectivity index (χ0n) is 18.1. The van der Waals surface area contributed by atoms with E-state index in [1.54, 1.807) is 0 Å². The number of ketones is 1. The van der Waals surface area contributed by atoms with Crippen LogP contribution in [0.1, 0.15) is 47.5 Å². The molecule has 2 aliphatic heterocycles. The minimum absolute atomic E-state index is 0.173. The summed E-state index contributed by atoms with van der Waals surface area (Å²) in [6.07, 6.45) is 2.51. The van der Waals surface area contributed by atoms with Crippen LogP contribution >= 0.6 is 0 Å². The molecule has 0 amide bonds. The van der Waals surface area contributed by atoms with Crippen molar-refractivity contribution < 1.29 is 4.79 Å². The standard InChI is InChI=1S/C19H38N4O.C2H6/c1-4-20-7-10-21-11-13-23(14-12-21)15-18-5-8-22(9-6-18)16-19(24)17(2)3;1-2/h17-18,20H,4-16H2,1-3H3;1-2H3. The van der Waals surface area contributed by atoms with E-state index < -0.39 is 0 Å². The first-order chi connectivity index (χ1) is 12.6. The largest absolute Gasteiger partial charge is 0.316 e. The third kappa shape index (κ3) is 8.94. The van der Waals surface area contributed by atoms with Gasteiger partial charge in [0.15, 0.2) is 0 Å². The average molecular weight is 369 g/mol. The molecule has 0 radical (unpaired) electrons. The van der Waals surface area contributed by atoms with Gasteiger partial charge >= 0.3 is 0 Å². The molecule has 0 aromatic rings. The van der Waals surface area contributed by atoms with E-state index in [4.69, 9.17) is 0 Å². The lowest BCUT2D eigenvalue weighted by Gasteiger charge is -2.38. The fourth-order valence-electron chi connectivity index (χ4n) is 3.70. The molecule has 26 heavy (non-hydrogen) atoms. The van der Waals surface area contributed by atoms with Crippen LogP contribution in [0.4, 0.5) is 0 Å². The van der Waals surface area contributed by atoms with Crippen LogP contribution in [0.15, 0.2) is 0 Å². The van der Waals surface area contributed by atoms with Crippen molar-refractivity contribution in [3.63, 3.8) is 0 Å². The Bertz CT molecular complexity index is 359. The molecular weight excluding hydrogens is 324 g/mol. The molecule has 2 aliphatic rings. The van der Waals surface area contributed by atoms with Crippen LogP contribution in [-0.4, -0.2) is 92.5 Å². The minimum atomic E-state index is 0.173. The molecule has 154 valence electrons. The van der Waals surface area contributed by atoms with Gasteiger partial charge in [0, 0.05) is 51.7 Å². The maximum atomic E-state index is 11.9. The fourth-order valence-corrected chi connectivity index (χ4v) is 3.70. The molecule has 0 aromatic carbocycles. The molecule has 2 saturated heterocycles. The van der Waals surface area contributed by atoms with E-state index in [-0.39, 0.29) is 5.92 Å². The molecule has 2 heterocycles. The van der Waals surface area contributed by atoms with Gasteiger partial charge in [0.2, 0.25) is 0 Å². The molecule has 0 bridgehead atoms. The monoisotopic (exact) mass is 368 g/mol. The third-order valence-corrected chi connectivity index (χ3v) is 5.57. The third-order valence-electron chi connectivity index (χ3n) is 5.57. The smallest absolute Gasteiger partial charge is 0.149 e. The van der Waals surface area contributed by atoms with Gasteiger partial charge in [-0.25, -0.2) is 0 Å². The number of rotatable bonds is 9. The second-order valence-corrected chi connectivity index (χ2v) is 7.84. The number of likely N-dealkylation sites (tertiary alicyclic amines) is 1. The van der Waals surface area contributed by atoms with Gasteiger partial charge in [-0.2, -0.15) is 0 Å². The van der Waals surface area contributed by atoms with Gasteiger partial charge in [-0.15, -0.1) is 0 Å². The van der Waals surface area contributed by atoms with Gasteiger partial charge in [0.25, 0.3) is 0 Å². The van der Waals surface area contributed by atoms with Crippen molar-refractivity contribution in [2.24, 2.45) is 11.8 Å². The predicted molar refractivity (Wildman–Crippen MR) is 112 cm³/mol. The quantitative estimate of drug-likeness (QED) is 0.632. The van der Waals surface area contributed by atoms with Gasteiger partial charge in [-0.3, -0.25) is 14.6 Å². The number of piperazine rings is 1.